The molecule has 0 bridgehead atoms. The van der Waals surface area contributed by atoms with Gasteiger partial charge in [-0.3, -0.25) is 23.0 Å². The molecule has 4 unspecified atom stereocenters. The van der Waals surface area contributed by atoms with Gasteiger partial charge < -0.3 is 63.5 Å². The zero-order chi connectivity index (χ0) is 91.3. The lowest BCUT2D eigenvalue weighted by Gasteiger charge is -2.47. The molecule has 127 heavy (non-hydrogen) atoms. The second-order valence-corrected chi connectivity index (χ2v) is 37.1. The van der Waals surface area contributed by atoms with Crippen LogP contribution >= 0.6 is 22.7 Å². The molecule has 672 valence electrons. The zero-order valence-corrected chi connectivity index (χ0v) is 74.4. The minimum Gasteiger partial charge on any atom is -0.526 e. The van der Waals surface area contributed by atoms with Gasteiger partial charge >= 0.3 is 17.9 Å². The van der Waals surface area contributed by atoms with Crippen molar-refractivity contribution in [3.05, 3.63) is 250 Å². The molecule has 4 heterocycles. The van der Waals surface area contributed by atoms with Crippen LogP contribution in [0.2, 0.25) is 0 Å². The number of esters is 2. The molecular weight excluding hydrogens is 1740 g/mol. The number of aryl methyl sites for hydroxylation is 1. The summed E-state index contributed by atoms with van der Waals surface area (Å²) in [5.41, 5.74) is 4.01. The Hall–Kier alpha value is -12.4. The number of amides is 2. The van der Waals surface area contributed by atoms with Gasteiger partial charge in [0.15, 0.2) is 4.34 Å². The maximum Gasteiger partial charge on any atom is 0.328 e. The number of primary sulfonamides is 1. The van der Waals surface area contributed by atoms with Gasteiger partial charge in [0.05, 0.1) is 105 Å². The summed E-state index contributed by atoms with van der Waals surface area (Å²) in [7, 11) is -8.17. The summed E-state index contributed by atoms with van der Waals surface area (Å²) < 4.78 is 149. The fourth-order valence-corrected chi connectivity index (χ4v) is 18.2. The highest BCUT2D eigenvalue weighted by Gasteiger charge is 2.36. The van der Waals surface area contributed by atoms with Crippen LogP contribution in [0.4, 0.5) is 4.39 Å². The van der Waals surface area contributed by atoms with Crippen molar-refractivity contribution < 1.29 is 106 Å². The molecule has 0 aliphatic heterocycles. The van der Waals surface area contributed by atoms with E-state index >= 15 is 0 Å². The third-order valence-corrected chi connectivity index (χ3v) is 26.1. The number of ether oxygens (including phenoxy) is 8. The molecule has 0 aliphatic rings. The Morgan fingerprint density at radius 3 is 1.45 bits per heavy atom. The summed E-state index contributed by atoms with van der Waals surface area (Å²) in [4.78, 5) is 72.7. The summed E-state index contributed by atoms with van der Waals surface area (Å²) in [6.45, 7) is 8.65. The lowest BCUT2D eigenvalue weighted by molar-refractivity contribution is -0.145. The Morgan fingerprint density at radius 2 is 1.00 bits per heavy atom. The Balaban J connectivity index is 0.000000293. The van der Waals surface area contributed by atoms with Gasteiger partial charge in [0.2, 0.25) is 16.2 Å². The molecule has 0 saturated heterocycles. The molecule has 12 aromatic rings. The molecule has 40 heteroatoms. The first-order chi connectivity index (χ1) is 60.7. The summed E-state index contributed by atoms with van der Waals surface area (Å²) >= 11 is 1.87. The number of rotatable bonds is 43. The van der Waals surface area contributed by atoms with Crippen LogP contribution < -0.4 is 44.2 Å². The van der Waals surface area contributed by atoms with Crippen molar-refractivity contribution in [2.24, 2.45) is 28.8 Å². The van der Waals surface area contributed by atoms with Crippen LogP contribution in [0.5, 0.6) is 34.5 Å². The molecule has 6 N–H and O–H groups in total. The van der Waals surface area contributed by atoms with Crippen LogP contribution in [0.3, 0.4) is 0 Å². The third-order valence-electron chi connectivity index (χ3n) is 19.7. The number of fused-ring (bicyclic) bond motifs is 2. The van der Waals surface area contributed by atoms with E-state index in [9.17, 15) is 58.7 Å². The first-order valence-corrected chi connectivity index (χ1v) is 45.6. The number of nitrogens with zero attached hydrogens (tertiary/aromatic N) is 9. The second kappa shape index (κ2) is 43.2. The van der Waals surface area contributed by atoms with Gasteiger partial charge in [-0.1, -0.05) is 151 Å². The minimum atomic E-state index is -4.48. The molecule has 6 atom stereocenters. The molecule has 0 spiro atoms. The van der Waals surface area contributed by atoms with Gasteiger partial charge in [-0.15, -0.1) is 32.9 Å². The van der Waals surface area contributed by atoms with E-state index in [1.165, 1.54) is 41.7 Å². The third kappa shape index (κ3) is 25.3. The summed E-state index contributed by atoms with van der Waals surface area (Å²) in [5.74, 6) is -2.58. The van der Waals surface area contributed by atoms with E-state index in [0.29, 0.717) is 94.1 Å². The number of carboxylic acids is 1. The number of aliphatic hydroxyl groups is 1. The second-order valence-electron chi connectivity index (χ2n) is 29.9. The van der Waals surface area contributed by atoms with Crippen LogP contribution in [0.1, 0.15) is 91.5 Å². The number of aliphatic carboxylic acids is 1. The Morgan fingerprint density at radius 1 is 0.551 bits per heavy atom. The largest absolute Gasteiger partial charge is 0.526 e. The fourth-order valence-electron chi connectivity index (χ4n) is 13.1. The number of carbonyl (C=O) groups is 5. The van der Waals surface area contributed by atoms with Crippen molar-refractivity contribution in [1.82, 2.24) is 50.6 Å². The summed E-state index contributed by atoms with van der Waals surface area (Å²) in [6.07, 6.45) is 3.15. The number of aliphatic hydroxyl groups excluding tert-OH is 1. The number of hydrogen-bond acceptors (Lipinski definition) is 29. The number of nitrogens with two attached hydrogens (primary N) is 1. The number of sulfonamides is 2. The molecule has 12 rings (SSSR count). The van der Waals surface area contributed by atoms with Gasteiger partial charge in [-0.25, -0.2) is 50.9 Å². The van der Waals surface area contributed by atoms with Crippen molar-refractivity contribution in [2.45, 2.75) is 111 Å². The van der Waals surface area contributed by atoms with Gasteiger partial charge in [0, 0.05) is 25.7 Å². The number of carbonyl (C=O) groups excluding carboxylic acids is 4. The monoisotopic (exact) mass is 1840 g/mol. The van der Waals surface area contributed by atoms with Crippen LogP contribution in [-0.2, 0) is 99.4 Å². The number of thiazole rings is 2. The molecule has 0 saturated carbocycles. The molecule has 4 aromatic heterocycles. The average molecular weight is 1840 g/mol. The number of nitrogens with one attached hydrogen (secondary N) is 2. The highest BCUT2D eigenvalue weighted by atomic mass is 32.3. The van der Waals surface area contributed by atoms with E-state index in [2.05, 4.69) is 41.2 Å². The normalized spacial score (nSPS) is 13.3. The molecule has 0 fully saturated rings. The first kappa shape index (κ1) is 95.2. The predicted octanol–water partition coefficient (Wildman–Crippen LogP) is 11.0. The van der Waals surface area contributed by atoms with Gasteiger partial charge in [0.25, 0.3) is 20.1 Å². The summed E-state index contributed by atoms with van der Waals surface area (Å²) in [5, 5.41) is 46.2. The smallest absolute Gasteiger partial charge is 0.328 e. The van der Waals surface area contributed by atoms with E-state index in [0.717, 1.165) is 28.2 Å². The van der Waals surface area contributed by atoms with Crippen molar-refractivity contribution in [3.63, 3.8) is 0 Å². The van der Waals surface area contributed by atoms with E-state index in [4.69, 9.17) is 57.0 Å². The van der Waals surface area contributed by atoms with E-state index in [-0.39, 0.29) is 84.5 Å². The summed E-state index contributed by atoms with van der Waals surface area (Å²) in [6, 6.07) is 48.5. The van der Waals surface area contributed by atoms with Crippen LogP contribution in [0.15, 0.2) is 214 Å². The van der Waals surface area contributed by atoms with Crippen molar-refractivity contribution in [1.29, 1.82) is 0 Å². The molecule has 34 nitrogen and oxygen atoms in total. The maximum absolute atomic E-state index is 14.7. The number of benzene rings is 8. The molecule has 2 amide bonds. The number of alkyl halides is 1. The number of halogens is 1. The quantitative estimate of drug-likeness (QED) is 0.0135. The van der Waals surface area contributed by atoms with Gasteiger partial charge in [0.1, 0.15) is 93.3 Å². The SMILES string of the molecule is CC(C)[C@@H](C(=O)NC(Cc1ccc(OCC(CO)CF)cc1)C(=O)O)n1cc(COc2ccc3nc(S(N)(=O)=O)sc3c2)nn1.COC(=O)C(Cc1ccc(OCC(COC(C)=O)COS(=O)(=O)c2ccc(C)cc2)cc1)NC(=O)[C@H](C(C)C)n1cc(COc2ccc3nc(S(=O)(=O)[N-]C(c4ccccc4)(c4ccc(OC)cc4)c4ccc(OC)cc4)sc3c2)nn1. The minimum absolute atomic E-state index is 0.000260. The van der Waals surface area contributed by atoms with E-state index in [1.807, 2.05) is 51.1 Å². The maximum atomic E-state index is 14.7. The van der Waals surface area contributed by atoms with Crippen molar-refractivity contribution >= 4 is 103 Å². The van der Waals surface area contributed by atoms with Crippen molar-refractivity contribution in [3.8, 4) is 34.5 Å². The Labute approximate surface area is 740 Å². The molecule has 0 radical (unpaired) electrons. The lowest BCUT2D eigenvalue weighted by atomic mass is 9.78. The lowest BCUT2D eigenvalue weighted by Crippen LogP contribution is -2.47. The highest BCUT2D eigenvalue weighted by Crippen LogP contribution is 2.49. The highest BCUT2D eigenvalue weighted by molar-refractivity contribution is 7.96. The van der Waals surface area contributed by atoms with Crippen molar-refractivity contribution in [2.75, 3.05) is 61.0 Å². The average Bonchev–Trinajstić information content (AvgIpc) is 1.64. The number of aromatic nitrogens is 8. The van der Waals surface area contributed by atoms with Gasteiger partial charge in [-0.05, 0) is 132 Å². The molecule has 0 aliphatic carbocycles. The topological polar surface area (TPSA) is 463 Å². The van der Waals surface area contributed by atoms with Crippen LogP contribution in [0, 0.1) is 30.6 Å². The number of methoxy groups -OCH3 is 3. The number of carboxylic acid groups (broad SMARTS) is 1. The van der Waals surface area contributed by atoms with Gasteiger partial charge in [-0.2, -0.15) is 8.42 Å². The first-order valence-electron chi connectivity index (χ1n) is 39.5. The van der Waals surface area contributed by atoms with E-state index < -0.39 is 108 Å². The predicted molar refractivity (Wildman–Crippen MR) is 466 cm³/mol. The molecular formula is C87H94FN12O22S5-. The fraction of sp³-hybridized carbons (Fsp3) is 0.322. The number of hydrogen-bond donors (Lipinski definition) is 5. The zero-order valence-electron chi connectivity index (χ0n) is 70.3. The Kier molecular flexibility index (Phi) is 32.4. The Bertz CT molecular complexity index is 6060. The van der Waals surface area contributed by atoms with Crippen LogP contribution in [-0.4, -0.2) is 178 Å². The van der Waals surface area contributed by atoms with E-state index in [1.54, 1.807) is 180 Å². The molecule has 8 aromatic carbocycles. The standard InChI is InChI=1S/C59H61N6O14S3.C28H33FN6O8S2/c1-38(2)55(56(67)60-53(57(68)75-7)31-41-15-21-49(22-16-41)77-35-42(34-76-40(4)66)36-79-82(71,72)51-28-13-39(3)14-29-51)65-33-46(62-64-65)37-78-50-27-30-52-54(32-50)80-58(61-52)81(69,70)63-59(43-11-9-8-10-12-43,44-17-23-47(73-5)24-18-44)45-19-25-48(74-6)26-20-45;1-16(2)25(26(37)31-23(27(38)39)9-17-3-5-20(6-4-17)42-14-18(11-29)13-36)35-12-19(33-34-35)15-43-21-7-8-22-24(10-21)44-28(32-22)45(30,40)41/h8-30,32-33,38,42,53,55H,31,34-37H2,1-7H3,(H,60,67);3-8,10,12,16,18,23,25,36H,9,11,13-15H2,1-2H3,(H,31,37)(H,38,39)(H2,30,40,41)/q-1;/t42?,53?,55-;18?,23?,25-/m00/s1. The van der Waals surface area contributed by atoms with Crippen LogP contribution in [0.25, 0.3) is 25.2 Å².